The van der Waals surface area contributed by atoms with Crippen LogP contribution in [0.2, 0.25) is 0 Å². The van der Waals surface area contributed by atoms with Gasteiger partial charge in [0.15, 0.2) is 10.4 Å². The van der Waals surface area contributed by atoms with Crippen molar-refractivity contribution in [3.05, 3.63) is 27.3 Å². The second-order valence-electron chi connectivity index (χ2n) is 2.69. The van der Waals surface area contributed by atoms with Crippen LogP contribution in [0.4, 0.5) is 0 Å². The van der Waals surface area contributed by atoms with Crippen LogP contribution in [-0.2, 0) is 0 Å². The third kappa shape index (κ3) is 2.21. The quantitative estimate of drug-likeness (QED) is 0.846. The Balaban J connectivity index is 2.42. The summed E-state index contributed by atoms with van der Waals surface area (Å²) in [6, 6.07) is 5.40. The van der Waals surface area contributed by atoms with Gasteiger partial charge >= 0.3 is 0 Å². The van der Waals surface area contributed by atoms with E-state index in [9.17, 15) is 0 Å². The summed E-state index contributed by atoms with van der Waals surface area (Å²) in [5.74, 6) is 1.10. The molecule has 2 rings (SSSR count). The number of ether oxygens (including phenoxy) is 1. The number of furan rings is 1. The van der Waals surface area contributed by atoms with E-state index in [1.807, 2.05) is 6.07 Å². The monoisotopic (exact) mass is 332 g/mol. The average molecular weight is 334 g/mol. The predicted molar refractivity (Wildman–Crippen MR) is 61.7 cm³/mol. The summed E-state index contributed by atoms with van der Waals surface area (Å²) < 4.78 is 11.7. The van der Waals surface area contributed by atoms with Gasteiger partial charge < -0.3 is 9.15 Å². The van der Waals surface area contributed by atoms with Crippen LogP contribution in [0.5, 0.6) is 5.88 Å². The molecule has 0 aliphatic carbocycles. The molecule has 4 nitrogen and oxygen atoms in total. The molecule has 0 saturated heterocycles. The molecular weight excluding hydrogens is 328 g/mol. The molecule has 0 amide bonds. The minimum absolute atomic E-state index is 0.448. The highest BCUT2D eigenvalue weighted by atomic mass is 79.9. The first-order valence-corrected chi connectivity index (χ1v) is 5.62. The first-order valence-electron chi connectivity index (χ1n) is 4.03. The van der Waals surface area contributed by atoms with Crippen molar-refractivity contribution < 1.29 is 9.15 Å². The molecule has 2 aromatic heterocycles. The van der Waals surface area contributed by atoms with Crippen molar-refractivity contribution in [2.75, 3.05) is 7.11 Å². The molecule has 2 heterocycles. The Kier molecular flexibility index (Phi) is 3.06. The third-order valence-electron chi connectivity index (χ3n) is 1.74. The van der Waals surface area contributed by atoms with E-state index in [1.54, 1.807) is 12.1 Å². The summed E-state index contributed by atoms with van der Waals surface area (Å²) in [7, 11) is 1.54. The molecular formula is C9H6Br2N2O2. The second kappa shape index (κ2) is 4.32. The molecule has 0 aromatic carbocycles. The van der Waals surface area contributed by atoms with Crippen LogP contribution in [0.25, 0.3) is 11.5 Å². The van der Waals surface area contributed by atoms with Crippen molar-refractivity contribution in [3.63, 3.8) is 0 Å². The van der Waals surface area contributed by atoms with Gasteiger partial charge in [-0.2, -0.15) is 0 Å². The molecule has 0 aliphatic heterocycles. The smallest absolute Gasteiger partial charge is 0.247 e. The van der Waals surface area contributed by atoms with Gasteiger partial charge in [0.25, 0.3) is 0 Å². The lowest BCUT2D eigenvalue weighted by molar-refractivity contribution is 0.389. The number of aromatic nitrogens is 2. The number of halogens is 2. The van der Waals surface area contributed by atoms with E-state index in [1.165, 1.54) is 7.11 Å². The molecule has 0 radical (unpaired) electrons. The lowest BCUT2D eigenvalue weighted by Gasteiger charge is -2.01. The largest absolute Gasteiger partial charge is 0.479 e. The first-order chi connectivity index (χ1) is 7.20. The zero-order valence-corrected chi connectivity index (χ0v) is 10.9. The molecule has 0 saturated carbocycles. The molecule has 15 heavy (non-hydrogen) atoms. The summed E-state index contributed by atoms with van der Waals surface area (Å²) in [5, 5.41) is 7.86. The van der Waals surface area contributed by atoms with Crippen molar-refractivity contribution in [3.8, 4) is 17.3 Å². The molecule has 6 heteroatoms. The van der Waals surface area contributed by atoms with Crippen LogP contribution >= 0.6 is 31.9 Å². The maximum absolute atomic E-state index is 5.35. The van der Waals surface area contributed by atoms with Crippen molar-refractivity contribution in [2.24, 2.45) is 0 Å². The molecule has 0 atom stereocenters. The van der Waals surface area contributed by atoms with Gasteiger partial charge in [0.2, 0.25) is 5.88 Å². The standard InChI is InChI=1S/C9H6Br2N2O2/c1-14-9-5(10)4-6(12-13-9)7-2-3-8(11)15-7/h2-4H,1H3. The van der Waals surface area contributed by atoms with E-state index in [0.717, 1.165) is 4.47 Å². The fourth-order valence-electron chi connectivity index (χ4n) is 1.07. The van der Waals surface area contributed by atoms with E-state index in [4.69, 9.17) is 9.15 Å². The van der Waals surface area contributed by atoms with Crippen molar-refractivity contribution in [1.29, 1.82) is 0 Å². The van der Waals surface area contributed by atoms with Crippen LogP contribution in [0.3, 0.4) is 0 Å². The summed E-state index contributed by atoms with van der Waals surface area (Å²) in [5.41, 5.74) is 0.647. The van der Waals surface area contributed by atoms with Gasteiger partial charge in [-0.3, -0.25) is 0 Å². The Morgan fingerprint density at radius 2 is 2.07 bits per heavy atom. The van der Waals surface area contributed by atoms with Gasteiger partial charge in [-0.1, -0.05) is 0 Å². The maximum atomic E-state index is 5.35. The van der Waals surface area contributed by atoms with Gasteiger partial charge in [0.05, 0.1) is 11.6 Å². The second-order valence-corrected chi connectivity index (χ2v) is 4.33. The minimum Gasteiger partial charge on any atom is -0.479 e. The number of methoxy groups -OCH3 is 1. The van der Waals surface area contributed by atoms with Crippen molar-refractivity contribution in [2.45, 2.75) is 0 Å². The van der Waals surface area contributed by atoms with Gasteiger partial charge in [0.1, 0.15) is 5.69 Å². The molecule has 0 unspecified atom stereocenters. The zero-order valence-electron chi connectivity index (χ0n) is 7.70. The van der Waals surface area contributed by atoms with Crippen LogP contribution in [0.1, 0.15) is 0 Å². The van der Waals surface area contributed by atoms with Gasteiger partial charge in [0, 0.05) is 0 Å². The van der Waals surface area contributed by atoms with Crippen molar-refractivity contribution in [1.82, 2.24) is 10.2 Å². The molecule has 0 N–H and O–H groups in total. The van der Waals surface area contributed by atoms with Crippen LogP contribution in [-0.4, -0.2) is 17.3 Å². The van der Waals surface area contributed by atoms with E-state index >= 15 is 0 Å². The summed E-state index contributed by atoms with van der Waals surface area (Å²) >= 11 is 6.56. The first kappa shape index (κ1) is 10.6. The highest BCUT2D eigenvalue weighted by Gasteiger charge is 2.09. The number of rotatable bonds is 2. The fraction of sp³-hybridized carbons (Fsp3) is 0.111. The summed E-state index contributed by atoms with van der Waals surface area (Å²) in [6.45, 7) is 0. The predicted octanol–water partition coefficient (Wildman–Crippen LogP) is 3.27. The third-order valence-corrected chi connectivity index (χ3v) is 2.73. The average Bonchev–Trinajstić information content (AvgIpc) is 2.65. The lowest BCUT2D eigenvalue weighted by atomic mass is 10.3. The normalized spacial score (nSPS) is 10.3. The maximum Gasteiger partial charge on any atom is 0.247 e. The SMILES string of the molecule is COc1nnc(-c2ccc(Br)o2)cc1Br. The molecule has 0 spiro atoms. The number of hydrogen-bond donors (Lipinski definition) is 0. The van der Waals surface area contributed by atoms with Crippen LogP contribution in [0, 0.1) is 0 Å². The number of nitrogens with zero attached hydrogens (tertiary/aromatic N) is 2. The Bertz CT molecular complexity index is 485. The molecule has 0 fully saturated rings. The van der Waals surface area contributed by atoms with E-state index in [2.05, 4.69) is 42.1 Å². The van der Waals surface area contributed by atoms with Crippen molar-refractivity contribution >= 4 is 31.9 Å². The fourth-order valence-corrected chi connectivity index (χ4v) is 1.83. The van der Waals surface area contributed by atoms with Crippen LogP contribution < -0.4 is 4.74 Å². The topological polar surface area (TPSA) is 48.2 Å². The lowest BCUT2D eigenvalue weighted by Crippen LogP contribution is -1.93. The number of hydrogen-bond acceptors (Lipinski definition) is 4. The van der Waals surface area contributed by atoms with Gasteiger partial charge in [-0.05, 0) is 50.1 Å². The van der Waals surface area contributed by atoms with E-state index < -0.39 is 0 Å². The van der Waals surface area contributed by atoms with Crippen LogP contribution in [0.15, 0.2) is 31.8 Å². The molecule has 2 aromatic rings. The van der Waals surface area contributed by atoms with Gasteiger partial charge in [-0.15, -0.1) is 10.2 Å². The highest BCUT2D eigenvalue weighted by molar-refractivity contribution is 9.10. The molecule has 0 aliphatic rings. The zero-order chi connectivity index (χ0) is 10.8. The Labute approximate surface area is 103 Å². The molecule has 0 bridgehead atoms. The highest BCUT2D eigenvalue weighted by Crippen LogP contribution is 2.28. The Morgan fingerprint density at radius 1 is 1.27 bits per heavy atom. The summed E-state index contributed by atoms with van der Waals surface area (Å²) in [4.78, 5) is 0. The van der Waals surface area contributed by atoms with Gasteiger partial charge in [-0.25, -0.2) is 0 Å². The molecule has 78 valence electrons. The Hall–Kier alpha value is -0.880. The minimum atomic E-state index is 0.448. The Morgan fingerprint density at radius 3 is 2.60 bits per heavy atom. The van der Waals surface area contributed by atoms with E-state index in [0.29, 0.717) is 22.0 Å². The summed E-state index contributed by atoms with van der Waals surface area (Å²) in [6.07, 6.45) is 0. The van der Waals surface area contributed by atoms with E-state index in [-0.39, 0.29) is 0 Å².